The summed E-state index contributed by atoms with van der Waals surface area (Å²) in [5.41, 5.74) is 3.71. The summed E-state index contributed by atoms with van der Waals surface area (Å²) in [6.45, 7) is 0.0346. The number of hydrogen-bond donors (Lipinski definition) is 4. The van der Waals surface area contributed by atoms with Gasteiger partial charge >= 0.3 is 0 Å². The predicted octanol–water partition coefficient (Wildman–Crippen LogP) is 3.38. The summed E-state index contributed by atoms with van der Waals surface area (Å²) in [4.78, 5) is 25.7. The summed E-state index contributed by atoms with van der Waals surface area (Å²) in [5, 5.41) is 27.6. The molecule has 0 saturated carbocycles. The fourth-order valence-electron chi connectivity index (χ4n) is 4.74. The van der Waals surface area contributed by atoms with Gasteiger partial charge in [-0.2, -0.15) is 0 Å². The van der Waals surface area contributed by atoms with Gasteiger partial charge in [0, 0.05) is 23.9 Å². The van der Waals surface area contributed by atoms with E-state index in [1.807, 2.05) is 60.7 Å². The highest BCUT2D eigenvalue weighted by molar-refractivity contribution is 6.30. The number of nitrogens with one attached hydrogen (secondary N) is 2. The Morgan fingerprint density at radius 2 is 1.69 bits per heavy atom. The Kier molecular flexibility index (Phi) is 8.75. The maximum atomic E-state index is 13.4. The third-order valence-corrected chi connectivity index (χ3v) is 6.78. The van der Waals surface area contributed by atoms with Crippen molar-refractivity contribution in [3.05, 3.63) is 106 Å². The van der Waals surface area contributed by atoms with Crippen molar-refractivity contribution >= 4 is 23.4 Å². The zero-order valence-electron chi connectivity index (χ0n) is 19.9. The van der Waals surface area contributed by atoms with Gasteiger partial charge in [0.05, 0.1) is 24.7 Å². The standard InChI is InChI=1S/C29H31ClN2O4/c30-23-11-6-9-20(14-23)15-27(35)31-18-24(33)16-22(13-19-7-2-1-3-8-19)29(36)32-28-25-12-5-4-10-21(25)17-26(28)34/h1-12,14,22,24,26,28,33-34H,13,15-18H2,(H,31,35)(H,32,36)/t22-,24+,26-,28+/m1/s1. The zero-order chi connectivity index (χ0) is 25.5. The molecule has 0 radical (unpaired) electrons. The van der Waals surface area contributed by atoms with E-state index in [0.29, 0.717) is 17.9 Å². The molecule has 1 aliphatic rings. The smallest absolute Gasteiger partial charge is 0.224 e. The van der Waals surface area contributed by atoms with Crippen LogP contribution in [0.1, 0.15) is 34.7 Å². The number of fused-ring (bicyclic) bond motifs is 1. The fraction of sp³-hybridized carbons (Fsp3) is 0.310. The van der Waals surface area contributed by atoms with Crippen LogP contribution in [0.3, 0.4) is 0 Å². The maximum absolute atomic E-state index is 13.4. The van der Waals surface area contributed by atoms with Gasteiger partial charge in [-0.05, 0) is 47.2 Å². The fourth-order valence-corrected chi connectivity index (χ4v) is 4.95. The molecule has 0 bridgehead atoms. The molecule has 7 heteroatoms. The minimum absolute atomic E-state index is 0.0346. The molecule has 0 spiro atoms. The molecule has 0 fully saturated rings. The van der Waals surface area contributed by atoms with Crippen LogP contribution in [0.4, 0.5) is 0 Å². The van der Waals surface area contributed by atoms with E-state index < -0.39 is 24.2 Å². The lowest BCUT2D eigenvalue weighted by atomic mass is 9.92. The summed E-state index contributed by atoms with van der Waals surface area (Å²) in [5.74, 6) is -0.998. The highest BCUT2D eigenvalue weighted by Crippen LogP contribution is 2.32. The lowest BCUT2D eigenvalue weighted by molar-refractivity contribution is -0.127. The van der Waals surface area contributed by atoms with Gasteiger partial charge in [0.15, 0.2) is 0 Å². The largest absolute Gasteiger partial charge is 0.391 e. The average Bonchev–Trinajstić information content (AvgIpc) is 3.18. The Labute approximate surface area is 216 Å². The van der Waals surface area contributed by atoms with Crippen molar-refractivity contribution in [1.29, 1.82) is 0 Å². The second-order valence-corrected chi connectivity index (χ2v) is 9.78. The van der Waals surface area contributed by atoms with Gasteiger partial charge in [-0.25, -0.2) is 0 Å². The van der Waals surface area contributed by atoms with E-state index in [1.54, 1.807) is 18.2 Å². The first-order valence-electron chi connectivity index (χ1n) is 12.2. The minimum atomic E-state index is -0.909. The predicted molar refractivity (Wildman–Crippen MR) is 139 cm³/mol. The Morgan fingerprint density at radius 3 is 2.47 bits per heavy atom. The van der Waals surface area contributed by atoms with Crippen LogP contribution in [0.15, 0.2) is 78.9 Å². The molecule has 3 aromatic carbocycles. The van der Waals surface area contributed by atoms with Crippen molar-refractivity contribution < 1.29 is 19.8 Å². The summed E-state index contributed by atoms with van der Waals surface area (Å²) in [6, 6.07) is 23.9. The van der Waals surface area contributed by atoms with Crippen LogP contribution in [0.2, 0.25) is 5.02 Å². The van der Waals surface area contributed by atoms with E-state index in [-0.39, 0.29) is 31.2 Å². The molecule has 36 heavy (non-hydrogen) atoms. The number of hydrogen-bond acceptors (Lipinski definition) is 4. The molecule has 6 nitrogen and oxygen atoms in total. The average molecular weight is 507 g/mol. The number of carbonyl (C=O) groups is 2. The SMILES string of the molecule is O=C(Cc1cccc(Cl)c1)NC[C@@H](O)C[C@@H](Cc1ccccc1)C(=O)N[C@H]1c2ccccc2C[C@H]1O. The first-order valence-corrected chi connectivity index (χ1v) is 12.6. The van der Waals surface area contributed by atoms with Crippen molar-refractivity contribution in [1.82, 2.24) is 10.6 Å². The summed E-state index contributed by atoms with van der Waals surface area (Å²) >= 11 is 5.98. The lowest BCUT2D eigenvalue weighted by Crippen LogP contribution is -2.41. The van der Waals surface area contributed by atoms with Gasteiger partial charge in [0.2, 0.25) is 11.8 Å². The first-order chi connectivity index (χ1) is 17.4. The van der Waals surface area contributed by atoms with Gasteiger partial charge < -0.3 is 20.8 Å². The Bertz CT molecular complexity index is 1190. The Hall–Kier alpha value is -3.19. The van der Waals surface area contributed by atoms with Gasteiger partial charge in [-0.3, -0.25) is 9.59 Å². The highest BCUT2D eigenvalue weighted by Gasteiger charge is 2.34. The highest BCUT2D eigenvalue weighted by atomic mass is 35.5. The van der Waals surface area contributed by atoms with Crippen LogP contribution in [0.5, 0.6) is 0 Å². The summed E-state index contributed by atoms with van der Waals surface area (Å²) < 4.78 is 0. The Morgan fingerprint density at radius 1 is 0.972 bits per heavy atom. The summed E-state index contributed by atoms with van der Waals surface area (Å²) in [7, 11) is 0. The molecule has 188 valence electrons. The molecule has 0 aromatic heterocycles. The maximum Gasteiger partial charge on any atom is 0.224 e. The normalized spacial score (nSPS) is 18.2. The van der Waals surface area contributed by atoms with Crippen molar-refractivity contribution in [3.63, 3.8) is 0 Å². The van der Waals surface area contributed by atoms with Crippen molar-refractivity contribution in [2.24, 2.45) is 5.92 Å². The number of halogens is 1. The van der Waals surface area contributed by atoms with E-state index in [4.69, 9.17) is 11.6 Å². The van der Waals surface area contributed by atoms with Gasteiger partial charge in [0.1, 0.15) is 0 Å². The van der Waals surface area contributed by atoms with Gasteiger partial charge in [-0.15, -0.1) is 0 Å². The molecule has 0 unspecified atom stereocenters. The number of aliphatic hydroxyl groups is 2. The number of aliphatic hydroxyl groups excluding tert-OH is 2. The van der Waals surface area contributed by atoms with Gasteiger partial charge in [-0.1, -0.05) is 78.3 Å². The molecule has 0 aliphatic heterocycles. The van der Waals surface area contributed by atoms with Crippen LogP contribution in [0, 0.1) is 5.92 Å². The lowest BCUT2D eigenvalue weighted by Gasteiger charge is -2.24. The van der Waals surface area contributed by atoms with Crippen LogP contribution in [-0.2, 0) is 28.9 Å². The van der Waals surface area contributed by atoms with Gasteiger partial charge in [0.25, 0.3) is 0 Å². The summed E-state index contributed by atoms with van der Waals surface area (Å²) in [6.07, 6.45) is -0.354. The second-order valence-electron chi connectivity index (χ2n) is 9.34. The van der Waals surface area contributed by atoms with E-state index >= 15 is 0 Å². The molecule has 0 saturated heterocycles. The molecule has 2 amide bonds. The van der Waals surface area contributed by atoms with Crippen molar-refractivity contribution in [2.75, 3.05) is 6.54 Å². The minimum Gasteiger partial charge on any atom is -0.391 e. The third-order valence-electron chi connectivity index (χ3n) is 6.54. The van der Waals surface area contributed by atoms with Crippen LogP contribution >= 0.6 is 11.6 Å². The van der Waals surface area contributed by atoms with Crippen LogP contribution < -0.4 is 10.6 Å². The number of benzene rings is 3. The number of rotatable bonds is 10. The van der Waals surface area contributed by atoms with Crippen LogP contribution in [0.25, 0.3) is 0 Å². The first kappa shape index (κ1) is 25.9. The molecular weight excluding hydrogens is 476 g/mol. The topological polar surface area (TPSA) is 98.7 Å². The monoisotopic (exact) mass is 506 g/mol. The van der Waals surface area contributed by atoms with E-state index in [2.05, 4.69) is 10.6 Å². The Balaban J connectivity index is 1.38. The zero-order valence-corrected chi connectivity index (χ0v) is 20.7. The van der Waals surface area contributed by atoms with E-state index in [1.165, 1.54) is 0 Å². The third kappa shape index (κ3) is 6.94. The molecule has 0 heterocycles. The number of carbonyl (C=O) groups excluding carboxylic acids is 2. The second kappa shape index (κ2) is 12.2. The van der Waals surface area contributed by atoms with Crippen molar-refractivity contribution in [2.45, 2.75) is 43.9 Å². The molecule has 1 aliphatic carbocycles. The molecular formula is C29H31ClN2O4. The van der Waals surface area contributed by atoms with Crippen molar-refractivity contribution in [3.8, 4) is 0 Å². The molecule has 4 rings (SSSR count). The van der Waals surface area contributed by atoms with E-state index in [9.17, 15) is 19.8 Å². The number of amides is 2. The molecule has 3 aromatic rings. The molecule has 4 N–H and O–H groups in total. The quantitative estimate of drug-likeness (QED) is 0.339. The van der Waals surface area contributed by atoms with Crippen LogP contribution in [-0.4, -0.2) is 40.8 Å². The van der Waals surface area contributed by atoms with E-state index in [0.717, 1.165) is 22.3 Å². The molecule has 4 atom stereocenters.